The smallest absolute Gasteiger partial charge is 0.146 e. The molecule has 2 fully saturated rings. The summed E-state index contributed by atoms with van der Waals surface area (Å²) in [7, 11) is 1.66. The zero-order valence-electron chi connectivity index (χ0n) is 30.0. The van der Waals surface area contributed by atoms with Crippen molar-refractivity contribution in [3.63, 3.8) is 0 Å². The number of alkyl halides is 2. The van der Waals surface area contributed by atoms with E-state index in [-0.39, 0.29) is 28.4 Å². The molecule has 2 saturated carbocycles. The van der Waals surface area contributed by atoms with Crippen LogP contribution in [0.3, 0.4) is 0 Å². The Morgan fingerprint density at radius 1 is 0.654 bits per heavy atom. The Morgan fingerprint density at radius 3 is 1.50 bits per heavy atom. The lowest BCUT2D eigenvalue weighted by atomic mass is 9.62. The number of methoxy groups -OCH3 is 1. The van der Waals surface area contributed by atoms with E-state index in [2.05, 4.69) is 53.8 Å². The van der Waals surface area contributed by atoms with Gasteiger partial charge in [-0.15, -0.1) is 43.6 Å². The van der Waals surface area contributed by atoms with Crippen molar-refractivity contribution in [1.82, 2.24) is 29.5 Å². The van der Waals surface area contributed by atoms with Crippen LogP contribution in [0, 0.1) is 0 Å². The molecule has 0 spiro atoms. The lowest BCUT2D eigenvalue weighted by Crippen LogP contribution is -2.49. The number of aliphatic hydroxyl groups excluding tert-OH is 1. The SMILES string of the molecule is COCOC1CC(c2ccc(Cl)cc2)(c2nnc3n2CCCCCC3)C1.ClCCl.OC1CC(c2ccc(Cl)cc2)(c2nnc3n2CCCCCC3)C1. The van der Waals surface area contributed by atoms with E-state index in [1.807, 2.05) is 24.3 Å². The third-order valence-corrected chi connectivity index (χ3v) is 11.6. The molecule has 4 heterocycles. The molecule has 13 heteroatoms. The van der Waals surface area contributed by atoms with Gasteiger partial charge >= 0.3 is 0 Å². The molecule has 2 aromatic heterocycles. The van der Waals surface area contributed by atoms with Gasteiger partial charge in [0.1, 0.15) is 30.1 Å². The first-order valence-electron chi connectivity index (χ1n) is 18.6. The number of ether oxygens (including phenoxy) is 2. The van der Waals surface area contributed by atoms with Crippen molar-refractivity contribution in [2.45, 2.75) is 126 Å². The summed E-state index contributed by atoms with van der Waals surface area (Å²) >= 11 is 21.7. The topological polar surface area (TPSA) is 100 Å². The van der Waals surface area contributed by atoms with Crippen molar-refractivity contribution in [1.29, 1.82) is 0 Å². The number of nitrogens with zero attached hydrogens (tertiary/aromatic N) is 6. The largest absolute Gasteiger partial charge is 0.393 e. The average molecular weight is 793 g/mol. The molecule has 2 aliphatic carbocycles. The Morgan fingerprint density at radius 2 is 1.08 bits per heavy atom. The Balaban J connectivity index is 0.000000167. The fourth-order valence-electron chi connectivity index (χ4n) is 8.41. The third-order valence-electron chi connectivity index (χ3n) is 11.1. The van der Waals surface area contributed by atoms with Gasteiger partial charge in [0.15, 0.2) is 0 Å². The molecule has 52 heavy (non-hydrogen) atoms. The number of rotatable bonds is 7. The van der Waals surface area contributed by atoms with Crippen LogP contribution < -0.4 is 0 Å². The van der Waals surface area contributed by atoms with Gasteiger partial charge in [0.2, 0.25) is 0 Å². The molecule has 9 nitrogen and oxygen atoms in total. The molecule has 0 amide bonds. The van der Waals surface area contributed by atoms with Crippen molar-refractivity contribution >= 4 is 46.4 Å². The van der Waals surface area contributed by atoms with Gasteiger partial charge in [0.25, 0.3) is 0 Å². The monoisotopic (exact) mass is 790 g/mol. The fourth-order valence-corrected chi connectivity index (χ4v) is 8.66. The molecule has 8 rings (SSSR count). The molecule has 0 unspecified atom stereocenters. The quantitative estimate of drug-likeness (QED) is 0.147. The summed E-state index contributed by atoms with van der Waals surface area (Å²) in [6.45, 7) is 2.33. The number of hydrogen-bond donors (Lipinski definition) is 1. The van der Waals surface area contributed by atoms with Crippen LogP contribution in [0.1, 0.15) is 111 Å². The highest BCUT2D eigenvalue weighted by atomic mass is 35.5. The van der Waals surface area contributed by atoms with E-state index in [1.165, 1.54) is 62.5 Å². The Labute approximate surface area is 327 Å². The van der Waals surface area contributed by atoms with E-state index in [9.17, 15) is 5.11 Å². The van der Waals surface area contributed by atoms with E-state index in [0.717, 1.165) is 72.1 Å². The summed E-state index contributed by atoms with van der Waals surface area (Å²) < 4.78 is 15.6. The van der Waals surface area contributed by atoms with E-state index >= 15 is 0 Å². The van der Waals surface area contributed by atoms with Crippen molar-refractivity contribution < 1.29 is 14.6 Å². The van der Waals surface area contributed by atoms with Gasteiger partial charge in [0, 0.05) is 43.1 Å². The molecule has 4 aromatic rings. The Hall–Kier alpha value is -2.24. The Bertz CT molecular complexity index is 1700. The normalized spacial score (nSPS) is 25.5. The number of aryl methyl sites for hydroxylation is 2. The number of benzene rings is 2. The van der Waals surface area contributed by atoms with Crippen LogP contribution in [0.5, 0.6) is 0 Å². The van der Waals surface area contributed by atoms with Gasteiger partial charge in [-0.3, -0.25) is 0 Å². The molecule has 282 valence electrons. The van der Waals surface area contributed by atoms with Gasteiger partial charge in [0.05, 0.1) is 28.4 Å². The zero-order valence-corrected chi connectivity index (χ0v) is 33.0. The maximum atomic E-state index is 10.0. The first-order valence-corrected chi connectivity index (χ1v) is 20.4. The second-order valence-electron chi connectivity index (χ2n) is 14.5. The summed E-state index contributed by atoms with van der Waals surface area (Å²) in [6.07, 6.45) is 15.1. The maximum absolute atomic E-state index is 10.0. The molecule has 1 N–H and O–H groups in total. The minimum atomic E-state index is -0.257. The van der Waals surface area contributed by atoms with Crippen molar-refractivity contribution in [2.24, 2.45) is 0 Å². The number of aliphatic hydroxyl groups is 1. The van der Waals surface area contributed by atoms with Crippen LogP contribution in [-0.4, -0.2) is 66.1 Å². The van der Waals surface area contributed by atoms with E-state index in [1.54, 1.807) is 7.11 Å². The van der Waals surface area contributed by atoms with E-state index in [4.69, 9.17) is 55.9 Å². The summed E-state index contributed by atoms with van der Waals surface area (Å²) in [5.41, 5.74) is 2.07. The highest BCUT2D eigenvalue weighted by molar-refractivity contribution is 6.40. The molecule has 0 atom stereocenters. The number of halogens is 4. The van der Waals surface area contributed by atoms with Crippen LogP contribution in [0.2, 0.25) is 10.0 Å². The van der Waals surface area contributed by atoms with Crippen LogP contribution in [0.15, 0.2) is 48.5 Å². The molecule has 0 bridgehead atoms. The highest BCUT2D eigenvalue weighted by Gasteiger charge is 2.52. The Kier molecular flexibility index (Phi) is 14.0. The average Bonchev–Trinajstić information content (AvgIpc) is 3.67. The standard InChI is InChI=1S/C20H26ClN3O2.C18H22ClN3O.CH2Cl2/c1-25-14-26-17-12-20(13-17,15-7-9-16(21)10-8-15)19-23-22-18-6-4-2-3-5-11-24(18)19;19-14-8-6-13(7-9-14)18(11-15(23)12-18)17-21-20-16-5-3-1-2-4-10-22(16)17;2-1-3/h7-10,17H,2-6,11-14H2,1H3;6-9,15,23H,1-5,10-12H2;1H2. The van der Waals surface area contributed by atoms with Crippen LogP contribution >= 0.6 is 46.4 Å². The molecular weight excluding hydrogens is 742 g/mol. The van der Waals surface area contributed by atoms with Crippen LogP contribution in [0.4, 0.5) is 0 Å². The number of aromatic nitrogens is 6. The van der Waals surface area contributed by atoms with E-state index in [0.29, 0.717) is 19.6 Å². The van der Waals surface area contributed by atoms with E-state index < -0.39 is 0 Å². The predicted molar refractivity (Wildman–Crippen MR) is 207 cm³/mol. The van der Waals surface area contributed by atoms with Crippen molar-refractivity contribution in [2.75, 3.05) is 19.2 Å². The van der Waals surface area contributed by atoms with Crippen LogP contribution in [0.25, 0.3) is 0 Å². The predicted octanol–water partition coefficient (Wildman–Crippen LogP) is 9.03. The number of fused-ring (bicyclic) bond motifs is 2. The summed E-state index contributed by atoms with van der Waals surface area (Å²) in [6, 6.07) is 16.2. The second-order valence-corrected chi connectivity index (χ2v) is 16.1. The zero-order chi connectivity index (χ0) is 36.6. The summed E-state index contributed by atoms with van der Waals surface area (Å²) in [5.74, 6) is 4.36. The lowest BCUT2D eigenvalue weighted by molar-refractivity contribution is -0.116. The van der Waals surface area contributed by atoms with Gasteiger partial charge in [-0.05, 0) is 86.8 Å². The summed E-state index contributed by atoms with van der Waals surface area (Å²) in [5, 5.41) is 30.0. The summed E-state index contributed by atoms with van der Waals surface area (Å²) in [4.78, 5) is 0. The first kappa shape index (κ1) is 39.5. The molecule has 0 radical (unpaired) electrons. The van der Waals surface area contributed by atoms with Crippen molar-refractivity contribution in [3.05, 3.63) is 93.0 Å². The van der Waals surface area contributed by atoms with Crippen molar-refractivity contribution in [3.8, 4) is 0 Å². The fraction of sp³-hybridized carbons (Fsp3) is 0.590. The van der Waals surface area contributed by atoms with Gasteiger partial charge < -0.3 is 23.7 Å². The molecule has 4 aliphatic rings. The molecular formula is C39H50Cl4N6O3. The maximum Gasteiger partial charge on any atom is 0.146 e. The lowest BCUT2D eigenvalue weighted by Gasteiger charge is -2.47. The van der Waals surface area contributed by atoms with Crippen LogP contribution in [-0.2, 0) is 46.2 Å². The molecule has 2 aromatic carbocycles. The highest BCUT2D eigenvalue weighted by Crippen LogP contribution is 2.51. The van der Waals surface area contributed by atoms with Gasteiger partial charge in [-0.25, -0.2) is 0 Å². The molecule has 0 saturated heterocycles. The molecule has 2 aliphatic heterocycles. The third kappa shape index (κ3) is 8.67. The van der Waals surface area contributed by atoms with Gasteiger partial charge in [-0.1, -0.05) is 73.2 Å². The first-order chi connectivity index (χ1) is 25.3. The second kappa shape index (κ2) is 18.4. The van der Waals surface area contributed by atoms with Gasteiger partial charge in [-0.2, -0.15) is 0 Å². The minimum absolute atomic E-state index is 0.145. The minimum Gasteiger partial charge on any atom is -0.393 e. The number of hydrogen-bond acceptors (Lipinski definition) is 7.